The maximum atomic E-state index is 12.5. The second kappa shape index (κ2) is 9.22. The van der Waals surface area contributed by atoms with E-state index in [0.29, 0.717) is 19.6 Å². The summed E-state index contributed by atoms with van der Waals surface area (Å²) in [6.07, 6.45) is 5.87. The molecule has 0 saturated carbocycles. The lowest BCUT2D eigenvalue weighted by Gasteiger charge is -2.31. The predicted molar refractivity (Wildman–Crippen MR) is 82.8 cm³/mol. The van der Waals surface area contributed by atoms with Gasteiger partial charge in [-0.3, -0.25) is 5.43 Å². The zero-order chi connectivity index (χ0) is 15.7. The Hall–Kier alpha value is -0.860. The van der Waals surface area contributed by atoms with Crippen molar-refractivity contribution in [3.63, 3.8) is 0 Å². The summed E-state index contributed by atoms with van der Waals surface area (Å²) >= 11 is 0. The van der Waals surface area contributed by atoms with E-state index in [4.69, 9.17) is 0 Å². The van der Waals surface area contributed by atoms with Crippen molar-refractivity contribution in [2.75, 3.05) is 26.2 Å². The highest BCUT2D eigenvalue weighted by Crippen LogP contribution is 2.16. The van der Waals surface area contributed by atoms with Crippen LogP contribution in [0.3, 0.4) is 0 Å². The molecule has 0 bridgehead atoms. The fraction of sp³-hybridized carbons (Fsp3) is 0.923. The monoisotopic (exact) mass is 320 g/mol. The van der Waals surface area contributed by atoms with Crippen LogP contribution in [-0.2, 0) is 10.2 Å². The summed E-state index contributed by atoms with van der Waals surface area (Å²) in [7, 11) is -3.71. The van der Waals surface area contributed by atoms with Crippen molar-refractivity contribution in [1.29, 1.82) is 0 Å². The Bertz CT molecular complexity index is 408. The molecule has 1 aliphatic heterocycles. The summed E-state index contributed by atoms with van der Waals surface area (Å²) in [5, 5.41) is 0. The molecule has 1 rings (SSSR count). The molecule has 1 aliphatic rings. The van der Waals surface area contributed by atoms with Crippen LogP contribution < -0.4 is 10.9 Å². The number of nitrogens with one attached hydrogen (secondary N) is 2. The number of amides is 2. The molecule has 2 amide bonds. The molecule has 0 aliphatic carbocycles. The molecule has 1 heterocycles. The lowest BCUT2D eigenvalue weighted by atomic mass is 10.2. The summed E-state index contributed by atoms with van der Waals surface area (Å²) in [5.41, 5.74) is 5.25. The van der Waals surface area contributed by atoms with Crippen LogP contribution in [-0.4, -0.2) is 49.2 Å². The first-order valence-corrected chi connectivity index (χ1v) is 9.24. The van der Waals surface area contributed by atoms with Crippen LogP contribution in [0.4, 0.5) is 4.79 Å². The first-order chi connectivity index (χ1) is 10.0. The normalized spacial score (nSPS) is 16.7. The minimum absolute atomic E-state index is 0.126. The SMILES string of the molecule is CCCCCNNC(=O)N(CC)S(=O)(=O)N1CCCCC1. The van der Waals surface area contributed by atoms with Crippen molar-refractivity contribution in [1.82, 2.24) is 19.5 Å². The van der Waals surface area contributed by atoms with Crippen LogP contribution in [0.1, 0.15) is 52.4 Å². The van der Waals surface area contributed by atoms with Gasteiger partial charge in [0, 0.05) is 26.2 Å². The summed E-state index contributed by atoms with van der Waals surface area (Å²) in [6, 6.07) is -0.612. The highest BCUT2D eigenvalue weighted by Gasteiger charge is 2.32. The average Bonchev–Trinajstić information content (AvgIpc) is 2.48. The van der Waals surface area contributed by atoms with Crippen molar-refractivity contribution in [2.45, 2.75) is 52.4 Å². The molecule has 7 nitrogen and oxygen atoms in total. The van der Waals surface area contributed by atoms with Gasteiger partial charge in [-0.05, 0) is 26.2 Å². The molecule has 0 spiro atoms. The maximum Gasteiger partial charge on any atom is 0.346 e. The minimum Gasteiger partial charge on any atom is -0.272 e. The Kier molecular flexibility index (Phi) is 7.98. The standard InChI is InChI=1S/C13H28N4O3S/c1-3-5-7-10-14-15-13(18)17(4-2)21(19,20)16-11-8-6-9-12-16/h14H,3-12H2,1-2H3,(H,15,18). The van der Waals surface area contributed by atoms with Crippen LogP contribution >= 0.6 is 0 Å². The number of rotatable bonds is 8. The van der Waals surface area contributed by atoms with E-state index in [9.17, 15) is 13.2 Å². The van der Waals surface area contributed by atoms with Gasteiger partial charge in [-0.2, -0.15) is 12.7 Å². The van der Waals surface area contributed by atoms with Gasteiger partial charge >= 0.3 is 16.2 Å². The number of hydrogen-bond acceptors (Lipinski definition) is 4. The molecule has 124 valence electrons. The number of nitrogens with zero attached hydrogens (tertiary/aromatic N) is 2. The number of carbonyl (C=O) groups is 1. The first kappa shape index (κ1) is 18.2. The maximum absolute atomic E-state index is 12.5. The van der Waals surface area contributed by atoms with Crippen LogP contribution in [0.5, 0.6) is 0 Å². The molecule has 0 atom stereocenters. The minimum atomic E-state index is -3.71. The number of piperidine rings is 1. The molecule has 1 fully saturated rings. The third-order valence-electron chi connectivity index (χ3n) is 3.53. The molecular weight excluding hydrogens is 292 g/mol. The number of carbonyl (C=O) groups excluding carboxylic acids is 1. The van der Waals surface area contributed by atoms with Gasteiger partial charge in [0.25, 0.3) is 0 Å². The van der Waals surface area contributed by atoms with E-state index >= 15 is 0 Å². The van der Waals surface area contributed by atoms with Crippen LogP contribution in [0, 0.1) is 0 Å². The Morgan fingerprint density at radius 2 is 1.81 bits per heavy atom. The molecule has 0 aromatic heterocycles. The van der Waals surface area contributed by atoms with E-state index < -0.39 is 16.2 Å². The van der Waals surface area contributed by atoms with Crippen molar-refractivity contribution < 1.29 is 13.2 Å². The van der Waals surface area contributed by atoms with Gasteiger partial charge in [-0.1, -0.05) is 26.2 Å². The number of hydrazine groups is 1. The highest BCUT2D eigenvalue weighted by molar-refractivity contribution is 7.87. The first-order valence-electron chi connectivity index (χ1n) is 7.84. The van der Waals surface area contributed by atoms with Crippen LogP contribution in [0.15, 0.2) is 0 Å². The van der Waals surface area contributed by atoms with Crippen molar-refractivity contribution in [2.24, 2.45) is 0 Å². The molecule has 1 saturated heterocycles. The Morgan fingerprint density at radius 3 is 2.38 bits per heavy atom. The van der Waals surface area contributed by atoms with E-state index in [1.807, 2.05) is 0 Å². The molecule has 2 N–H and O–H groups in total. The lowest BCUT2D eigenvalue weighted by molar-refractivity contribution is 0.215. The second-order valence-corrected chi connectivity index (χ2v) is 7.05. The molecule has 0 unspecified atom stereocenters. The Morgan fingerprint density at radius 1 is 1.14 bits per heavy atom. The molecule has 8 heteroatoms. The van der Waals surface area contributed by atoms with Gasteiger partial charge in [-0.15, -0.1) is 0 Å². The van der Waals surface area contributed by atoms with Gasteiger partial charge in [0.05, 0.1) is 0 Å². The van der Waals surface area contributed by atoms with Gasteiger partial charge in [0.1, 0.15) is 0 Å². The lowest BCUT2D eigenvalue weighted by Crippen LogP contribution is -2.54. The van der Waals surface area contributed by atoms with E-state index in [-0.39, 0.29) is 6.54 Å². The molecule has 0 aromatic carbocycles. The Labute approximate surface area is 128 Å². The summed E-state index contributed by atoms with van der Waals surface area (Å²) in [4.78, 5) is 12.0. The largest absolute Gasteiger partial charge is 0.346 e. The fourth-order valence-corrected chi connectivity index (χ4v) is 3.89. The van der Waals surface area contributed by atoms with Gasteiger partial charge in [0.15, 0.2) is 0 Å². The summed E-state index contributed by atoms with van der Waals surface area (Å²) in [6.45, 7) is 5.52. The third kappa shape index (κ3) is 5.44. The van der Waals surface area contributed by atoms with Gasteiger partial charge in [0.2, 0.25) is 0 Å². The van der Waals surface area contributed by atoms with E-state index in [0.717, 1.165) is 42.8 Å². The topological polar surface area (TPSA) is 81.7 Å². The van der Waals surface area contributed by atoms with Crippen molar-refractivity contribution >= 4 is 16.2 Å². The van der Waals surface area contributed by atoms with E-state index in [1.165, 1.54) is 4.31 Å². The smallest absolute Gasteiger partial charge is 0.272 e. The average molecular weight is 320 g/mol. The summed E-state index contributed by atoms with van der Waals surface area (Å²) < 4.78 is 27.2. The van der Waals surface area contributed by atoms with Crippen LogP contribution in [0.25, 0.3) is 0 Å². The molecule has 0 radical (unpaired) electrons. The van der Waals surface area contributed by atoms with E-state index in [1.54, 1.807) is 6.92 Å². The van der Waals surface area contributed by atoms with Crippen LogP contribution in [0.2, 0.25) is 0 Å². The zero-order valence-electron chi connectivity index (χ0n) is 13.1. The van der Waals surface area contributed by atoms with Gasteiger partial charge in [-0.25, -0.2) is 14.5 Å². The van der Waals surface area contributed by atoms with Crippen molar-refractivity contribution in [3.8, 4) is 0 Å². The van der Waals surface area contributed by atoms with Crippen molar-refractivity contribution in [3.05, 3.63) is 0 Å². The molecular formula is C13H28N4O3S. The quantitative estimate of drug-likeness (QED) is 0.524. The fourth-order valence-electron chi connectivity index (χ4n) is 2.31. The zero-order valence-corrected chi connectivity index (χ0v) is 13.9. The highest BCUT2D eigenvalue weighted by atomic mass is 32.2. The van der Waals surface area contributed by atoms with Gasteiger partial charge < -0.3 is 0 Å². The number of unbranched alkanes of at least 4 members (excludes halogenated alkanes) is 2. The number of hydrogen-bond donors (Lipinski definition) is 2. The van der Waals surface area contributed by atoms with E-state index in [2.05, 4.69) is 17.8 Å². The molecule has 21 heavy (non-hydrogen) atoms. The predicted octanol–water partition coefficient (Wildman–Crippen LogP) is 1.44. The number of urea groups is 1. The third-order valence-corrected chi connectivity index (χ3v) is 5.53. The summed E-state index contributed by atoms with van der Waals surface area (Å²) in [5.74, 6) is 0. The molecule has 0 aromatic rings. The second-order valence-electron chi connectivity index (χ2n) is 5.20. The Balaban J connectivity index is 2.53.